The quantitative estimate of drug-likeness (QED) is 0.621. The highest BCUT2D eigenvalue weighted by molar-refractivity contribution is 5.12. The maximum atomic E-state index is 5.84. The lowest BCUT2D eigenvalue weighted by Crippen LogP contribution is -2.48. The highest BCUT2D eigenvalue weighted by Gasteiger charge is 2.39. The highest BCUT2D eigenvalue weighted by Crippen LogP contribution is 2.44. The van der Waals surface area contributed by atoms with Crippen LogP contribution < -0.4 is 11.3 Å². The Labute approximate surface area is 110 Å². The molecule has 1 aliphatic carbocycles. The molecule has 2 rings (SSSR count). The van der Waals surface area contributed by atoms with E-state index < -0.39 is 0 Å². The molecule has 102 valence electrons. The molecule has 1 fully saturated rings. The fourth-order valence-electron chi connectivity index (χ4n) is 3.54. The van der Waals surface area contributed by atoms with Gasteiger partial charge in [0.25, 0.3) is 0 Å². The molecule has 1 aromatic rings. The van der Waals surface area contributed by atoms with Crippen molar-refractivity contribution in [2.75, 3.05) is 0 Å². The number of aryl methyl sites for hydroxylation is 2. The van der Waals surface area contributed by atoms with Crippen LogP contribution in [-0.4, -0.2) is 15.8 Å². The van der Waals surface area contributed by atoms with Gasteiger partial charge in [0.1, 0.15) is 0 Å². The fourth-order valence-corrected chi connectivity index (χ4v) is 3.54. The molecule has 0 aromatic carbocycles. The summed E-state index contributed by atoms with van der Waals surface area (Å²) in [6, 6.07) is 2.53. The van der Waals surface area contributed by atoms with E-state index in [4.69, 9.17) is 5.84 Å². The van der Waals surface area contributed by atoms with Crippen LogP contribution in [0.1, 0.15) is 50.4 Å². The SMILES string of the molecule is CCC1(C(Cc2cc(C)nn2C)NN)CCCC1. The third-order valence-electron chi connectivity index (χ3n) is 4.76. The van der Waals surface area contributed by atoms with E-state index in [1.807, 2.05) is 18.7 Å². The molecule has 0 radical (unpaired) electrons. The lowest BCUT2D eigenvalue weighted by molar-refractivity contribution is 0.183. The second-order valence-corrected chi connectivity index (χ2v) is 5.75. The summed E-state index contributed by atoms with van der Waals surface area (Å²) in [5, 5.41) is 4.42. The van der Waals surface area contributed by atoms with Gasteiger partial charge in [-0.15, -0.1) is 0 Å². The molecule has 3 N–H and O–H groups in total. The summed E-state index contributed by atoms with van der Waals surface area (Å²) in [5.41, 5.74) is 5.82. The molecular formula is C14H26N4. The second kappa shape index (κ2) is 5.41. The van der Waals surface area contributed by atoms with Crippen molar-refractivity contribution in [1.82, 2.24) is 15.2 Å². The first-order chi connectivity index (χ1) is 8.61. The summed E-state index contributed by atoms with van der Waals surface area (Å²) in [6.07, 6.45) is 7.47. The predicted molar refractivity (Wildman–Crippen MR) is 74.0 cm³/mol. The van der Waals surface area contributed by atoms with E-state index in [0.29, 0.717) is 11.5 Å². The third kappa shape index (κ3) is 2.45. The molecule has 1 unspecified atom stereocenters. The molecule has 4 nitrogen and oxygen atoms in total. The summed E-state index contributed by atoms with van der Waals surface area (Å²) in [5.74, 6) is 5.84. The summed E-state index contributed by atoms with van der Waals surface area (Å²) < 4.78 is 1.98. The lowest BCUT2D eigenvalue weighted by Gasteiger charge is -2.36. The third-order valence-corrected chi connectivity index (χ3v) is 4.76. The molecular weight excluding hydrogens is 224 g/mol. The zero-order valence-electron chi connectivity index (χ0n) is 11.9. The van der Waals surface area contributed by atoms with E-state index in [0.717, 1.165) is 12.1 Å². The average molecular weight is 250 g/mol. The van der Waals surface area contributed by atoms with Crippen LogP contribution in [0.2, 0.25) is 0 Å². The number of aromatic nitrogens is 2. The van der Waals surface area contributed by atoms with E-state index in [-0.39, 0.29) is 0 Å². The molecule has 0 bridgehead atoms. The second-order valence-electron chi connectivity index (χ2n) is 5.75. The lowest BCUT2D eigenvalue weighted by atomic mass is 9.75. The van der Waals surface area contributed by atoms with Crippen LogP contribution in [0.3, 0.4) is 0 Å². The molecule has 1 aliphatic rings. The molecule has 1 heterocycles. The monoisotopic (exact) mass is 250 g/mol. The van der Waals surface area contributed by atoms with Crippen molar-refractivity contribution in [1.29, 1.82) is 0 Å². The van der Waals surface area contributed by atoms with E-state index in [2.05, 4.69) is 23.5 Å². The Balaban J connectivity index is 2.16. The zero-order chi connectivity index (χ0) is 13.2. The van der Waals surface area contributed by atoms with Crippen LogP contribution in [0.15, 0.2) is 6.07 Å². The zero-order valence-corrected chi connectivity index (χ0v) is 11.9. The minimum absolute atomic E-state index is 0.361. The van der Waals surface area contributed by atoms with Gasteiger partial charge in [0.15, 0.2) is 0 Å². The molecule has 0 saturated heterocycles. The van der Waals surface area contributed by atoms with Gasteiger partial charge in [-0.3, -0.25) is 16.0 Å². The van der Waals surface area contributed by atoms with Gasteiger partial charge in [0.2, 0.25) is 0 Å². The Morgan fingerprint density at radius 2 is 2.17 bits per heavy atom. The van der Waals surface area contributed by atoms with Crippen molar-refractivity contribution >= 4 is 0 Å². The molecule has 0 spiro atoms. The normalized spacial score (nSPS) is 20.2. The van der Waals surface area contributed by atoms with Crippen molar-refractivity contribution in [2.24, 2.45) is 18.3 Å². The van der Waals surface area contributed by atoms with Gasteiger partial charge in [0.05, 0.1) is 5.69 Å². The smallest absolute Gasteiger partial charge is 0.0596 e. The summed E-state index contributed by atoms with van der Waals surface area (Å²) in [7, 11) is 2.02. The van der Waals surface area contributed by atoms with Crippen molar-refractivity contribution in [3.05, 3.63) is 17.5 Å². The summed E-state index contributed by atoms with van der Waals surface area (Å²) in [4.78, 5) is 0. The number of nitrogens with one attached hydrogen (secondary N) is 1. The van der Waals surface area contributed by atoms with Crippen LogP contribution >= 0.6 is 0 Å². The van der Waals surface area contributed by atoms with E-state index in [1.54, 1.807) is 0 Å². The standard InChI is InChI=1S/C14H26N4/c1-4-14(7-5-6-8-14)13(16-15)10-12-9-11(2)17-18(12)3/h9,13,16H,4-8,10,15H2,1-3H3. The predicted octanol–water partition coefficient (Wildman–Crippen LogP) is 2.07. The first-order valence-electron chi connectivity index (χ1n) is 7.07. The van der Waals surface area contributed by atoms with E-state index in [1.165, 1.54) is 37.8 Å². The van der Waals surface area contributed by atoms with Crippen LogP contribution in [0.25, 0.3) is 0 Å². The van der Waals surface area contributed by atoms with Crippen molar-refractivity contribution in [3.63, 3.8) is 0 Å². The van der Waals surface area contributed by atoms with Crippen LogP contribution in [0, 0.1) is 12.3 Å². The van der Waals surface area contributed by atoms with Crippen LogP contribution in [0.4, 0.5) is 0 Å². The summed E-state index contributed by atoms with van der Waals surface area (Å²) in [6.45, 7) is 4.34. The molecule has 18 heavy (non-hydrogen) atoms. The first kappa shape index (κ1) is 13.6. The fraction of sp³-hybridized carbons (Fsp3) is 0.786. The number of hydrogen-bond donors (Lipinski definition) is 2. The first-order valence-corrected chi connectivity index (χ1v) is 7.07. The molecule has 0 amide bonds. The Bertz CT molecular complexity index is 390. The van der Waals surface area contributed by atoms with Gasteiger partial charge < -0.3 is 0 Å². The van der Waals surface area contributed by atoms with Gasteiger partial charge in [-0.1, -0.05) is 19.8 Å². The van der Waals surface area contributed by atoms with Gasteiger partial charge >= 0.3 is 0 Å². The number of nitrogens with two attached hydrogens (primary N) is 1. The van der Waals surface area contributed by atoms with Gasteiger partial charge in [0, 0.05) is 25.2 Å². The largest absolute Gasteiger partial charge is 0.272 e. The molecule has 1 atom stereocenters. The molecule has 0 aliphatic heterocycles. The van der Waals surface area contributed by atoms with E-state index in [9.17, 15) is 0 Å². The van der Waals surface area contributed by atoms with Gasteiger partial charge in [-0.2, -0.15) is 5.10 Å². The maximum Gasteiger partial charge on any atom is 0.0596 e. The number of hydrazine groups is 1. The Kier molecular flexibility index (Phi) is 4.07. The van der Waals surface area contributed by atoms with Crippen molar-refractivity contribution in [3.8, 4) is 0 Å². The van der Waals surface area contributed by atoms with Crippen molar-refractivity contribution < 1.29 is 0 Å². The number of nitrogens with zero attached hydrogens (tertiary/aromatic N) is 2. The van der Waals surface area contributed by atoms with Crippen LogP contribution in [-0.2, 0) is 13.5 Å². The minimum atomic E-state index is 0.361. The number of rotatable bonds is 5. The molecule has 1 saturated carbocycles. The molecule has 4 heteroatoms. The van der Waals surface area contributed by atoms with Gasteiger partial charge in [-0.25, -0.2) is 0 Å². The van der Waals surface area contributed by atoms with Crippen LogP contribution in [0.5, 0.6) is 0 Å². The van der Waals surface area contributed by atoms with E-state index >= 15 is 0 Å². The Hall–Kier alpha value is -0.870. The molecule has 1 aromatic heterocycles. The van der Waals surface area contributed by atoms with Gasteiger partial charge in [-0.05, 0) is 37.7 Å². The Morgan fingerprint density at radius 3 is 2.61 bits per heavy atom. The highest BCUT2D eigenvalue weighted by atomic mass is 15.3. The minimum Gasteiger partial charge on any atom is -0.272 e. The Morgan fingerprint density at radius 1 is 1.50 bits per heavy atom. The topological polar surface area (TPSA) is 55.9 Å². The number of hydrogen-bond acceptors (Lipinski definition) is 3. The van der Waals surface area contributed by atoms with Crippen molar-refractivity contribution in [2.45, 2.75) is 58.4 Å². The summed E-state index contributed by atoms with van der Waals surface area (Å²) >= 11 is 0. The maximum absolute atomic E-state index is 5.84. The average Bonchev–Trinajstić information content (AvgIpc) is 2.94.